The zero-order chi connectivity index (χ0) is 9.10. The molecule has 1 aliphatic heterocycles. The Hall–Kier alpha value is -0.290. The van der Waals surface area contributed by atoms with Gasteiger partial charge in [-0.3, -0.25) is 4.68 Å². The Bertz CT molecular complexity index is 274. The van der Waals surface area contributed by atoms with Crippen LogP contribution in [0.15, 0.2) is 12.4 Å². The van der Waals surface area contributed by atoms with Crippen molar-refractivity contribution in [2.75, 3.05) is 20.3 Å². The SMILES string of the molecule is CNCc1cnn(C2CCOC2)c1.Cl.Cl. The van der Waals surface area contributed by atoms with E-state index in [0.29, 0.717) is 6.04 Å². The fraction of sp³-hybridized carbons (Fsp3) is 0.667. The molecule has 0 spiro atoms. The van der Waals surface area contributed by atoms with Crippen molar-refractivity contribution in [3.63, 3.8) is 0 Å². The van der Waals surface area contributed by atoms with Gasteiger partial charge in [-0.15, -0.1) is 24.8 Å². The summed E-state index contributed by atoms with van der Waals surface area (Å²) in [4.78, 5) is 0. The average molecular weight is 254 g/mol. The number of nitrogens with one attached hydrogen (secondary N) is 1. The summed E-state index contributed by atoms with van der Waals surface area (Å²) in [5, 5.41) is 7.42. The van der Waals surface area contributed by atoms with Gasteiger partial charge in [-0.2, -0.15) is 5.10 Å². The van der Waals surface area contributed by atoms with Crippen LogP contribution in [-0.4, -0.2) is 30.0 Å². The maximum absolute atomic E-state index is 5.30. The molecule has 1 aromatic heterocycles. The molecule has 0 aliphatic carbocycles. The van der Waals surface area contributed by atoms with E-state index < -0.39 is 0 Å². The Labute approximate surface area is 102 Å². The molecule has 15 heavy (non-hydrogen) atoms. The van der Waals surface area contributed by atoms with Gasteiger partial charge in [0.2, 0.25) is 0 Å². The quantitative estimate of drug-likeness (QED) is 0.886. The standard InChI is InChI=1S/C9H15N3O.2ClH/c1-10-4-8-5-11-12(6-8)9-2-3-13-7-9;;/h5-6,9-10H,2-4,7H2,1H3;2*1H. The number of hydrogen-bond donors (Lipinski definition) is 1. The van der Waals surface area contributed by atoms with Crippen molar-refractivity contribution >= 4 is 24.8 Å². The van der Waals surface area contributed by atoms with Gasteiger partial charge < -0.3 is 10.1 Å². The molecule has 1 unspecified atom stereocenters. The fourth-order valence-corrected chi connectivity index (χ4v) is 1.60. The third-order valence-electron chi connectivity index (χ3n) is 2.32. The lowest BCUT2D eigenvalue weighted by molar-refractivity contribution is 0.184. The van der Waals surface area contributed by atoms with E-state index in [9.17, 15) is 0 Å². The lowest BCUT2D eigenvalue weighted by atomic mass is 10.3. The van der Waals surface area contributed by atoms with Gasteiger partial charge in [-0.05, 0) is 13.5 Å². The summed E-state index contributed by atoms with van der Waals surface area (Å²) >= 11 is 0. The lowest BCUT2D eigenvalue weighted by Crippen LogP contribution is -2.09. The maximum atomic E-state index is 5.30. The number of aromatic nitrogens is 2. The predicted molar refractivity (Wildman–Crippen MR) is 64.0 cm³/mol. The summed E-state index contributed by atoms with van der Waals surface area (Å²) in [5.74, 6) is 0. The fourth-order valence-electron chi connectivity index (χ4n) is 1.60. The summed E-state index contributed by atoms with van der Waals surface area (Å²) in [6, 6.07) is 0.450. The van der Waals surface area contributed by atoms with Crippen molar-refractivity contribution in [3.05, 3.63) is 18.0 Å². The van der Waals surface area contributed by atoms with Crippen LogP contribution in [0.1, 0.15) is 18.0 Å². The molecule has 0 aromatic carbocycles. The Morgan fingerprint density at radius 1 is 1.60 bits per heavy atom. The second-order valence-corrected chi connectivity index (χ2v) is 3.38. The molecule has 4 nitrogen and oxygen atoms in total. The Kier molecular flexibility index (Phi) is 6.92. The molecule has 0 saturated carbocycles. The van der Waals surface area contributed by atoms with Crippen molar-refractivity contribution in [1.82, 2.24) is 15.1 Å². The molecular weight excluding hydrogens is 237 g/mol. The largest absolute Gasteiger partial charge is 0.379 e. The molecule has 1 aliphatic rings. The Morgan fingerprint density at radius 2 is 2.40 bits per heavy atom. The van der Waals surface area contributed by atoms with Gasteiger partial charge >= 0.3 is 0 Å². The first-order chi connectivity index (χ1) is 6.40. The van der Waals surface area contributed by atoms with Crippen molar-refractivity contribution in [2.24, 2.45) is 0 Å². The summed E-state index contributed by atoms with van der Waals surface area (Å²) in [5.41, 5.74) is 1.23. The Morgan fingerprint density at radius 3 is 3.00 bits per heavy atom. The highest BCUT2D eigenvalue weighted by atomic mass is 35.5. The van der Waals surface area contributed by atoms with E-state index in [-0.39, 0.29) is 24.8 Å². The van der Waals surface area contributed by atoms with Crippen LogP contribution < -0.4 is 5.32 Å². The number of hydrogen-bond acceptors (Lipinski definition) is 3. The molecule has 0 bridgehead atoms. The topological polar surface area (TPSA) is 39.1 Å². The van der Waals surface area contributed by atoms with E-state index in [2.05, 4.69) is 16.6 Å². The molecule has 2 rings (SSSR count). The zero-order valence-electron chi connectivity index (χ0n) is 8.68. The Balaban J connectivity index is 0.000000980. The molecular formula is C9H17Cl2N3O. The van der Waals surface area contributed by atoms with Gasteiger partial charge in [0.05, 0.1) is 18.8 Å². The van der Waals surface area contributed by atoms with Crippen LogP contribution in [0.25, 0.3) is 0 Å². The highest BCUT2D eigenvalue weighted by Gasteiger charge is 2.17. The van der Waals surface area contributed by atoms with Crippen LogP contribution >= 0.6 is 24.8 Å². The minimum absolute atomic E-state index is 0. The van der Waals surface area contributed by atoms with Crippen LogP contribution in [-0.2, 0) is 11.3 Å². The molecule has 2 heterocycles. The third-order valence-corrected chi connectivity index (χ3v) is 2.32. The number of ether oxygens (including phenoxy) is 1. The molecule has 88 valence electrons. The minimum Gasteiger partial charge on any atom is -0.379 e. The van der Waals surface area contributed by atoms with Gasteiger partial charge in [0.1, 0.15) is 0 Å². The zero-order valence-corrected chi connectivity index (χ0v) is 10.3. The first-order valence-electron chi connectivity index (χ1n) is 4.65. The molecule has 6 heteroatoms. The molecule has 1 fully saturated rings. The lowest BCUT2D eigenvalue weighted by Gasteiger charge is -2.06. The molecule has 0 radical (unpaired) electrons. The second-order valence-electron chi connectivity index (χ2n) is 3.38. The van der Waals surface area contributed by atoms with Crippen molar-refractivity contribution in [1.29, 1.82) is 0 Å². The summed E-state index contributed by atoms with van der Waals surface area (Å²) < 4.78 is 7.32. The van der Waals surface area contributed by atoms with Crippen LogP contribution in [0.2, 0.25) is 0 Å². The molecule has 1 aromatic rings. The van der Waals surface area contributed by atoms with Crippen molar-refractivity contribution in [2.45, 2.75) is 19.0 Å². The van der Waals surface area contributed by atoms with E-state index in [1.54, 1.807) is 0 Å². The molecule has 1 saturated heterocycles. The summed E-state index contributed by atoms with van der Waals surface area (Å²) in [7, 11) is 1.94. The first-order valence-corrected chi connectivity index (χ1v) is 4.65. The molecule has 0 amide bonds. The molecule has 1 N–H and O–H groups in total. The smallest absolute Gasteiger partial charge is 0.0774 e. The van der Waals surface area contributed by atoms with Crippen LogP contribution in [0.3, 0.4) is 0 Å². The van der Waals surface area contributed by atoms with Gasteiger partial charge in [-0.25, -0.2) is 0 Å². The number of rotatable bonds is 3. The van der Waals surface area contributed by atoms with Gasteiger partial charge in [0.15, 0.2) is 0 Å². The third kappa shape index (κ3) is 3.65. The number of halogens is 2. The van der Waals surface area contributed by atoms with E-state index in [1.165, 1.54) is 5.56 Å². The van der Waals surface area contributed by atoms with Crippen LogP contribution in [0.5, 0.6) is 0 Å². The molecule has 1 atom stereocenters. The normalized spacial score (nSPS) is 19.4. The minimum atomic E-state index is 0. The van der Waals surface area contributed by atoms with E-state index >= 15 is 0 Å². The van der Waals surface area contributed by atoms with E-state index in [0.717, 1.165) is 26.2 Å². The summed E-state index contributed by atoms with van der Waals surface area (Å²) in [6.07, 6.45) is 5.09. The van der Waals surface area contributed by atoms with Crippen molar-refractivity contribution < 1.29 is 4.74 Å². The van der Waals surface area contributed by atoms with E-state index in [4.69, 9.17) is 4.74 Å². The first kappa shape index (κ1) is 14.7. The van der Waals surface area contributed by atoms with Crippen molar-refractivity contribution in [3.8, 4) is 0 Å². The highest BCUT2D eigenvalue weighted by Crippen LogP contribution is 2.17. The van der Waals surface area contributed by atoms with Gasteiger partial charge in [0, 0.05) is 24.9 Å². The monoisotopic (exact) mass is 253 g/mol. The summed E-state index contributed by atoms with van der Waals surface area (Å²) in [6.45, 7) is 2.56. The van der Waals surface area contributed by atoms with Crippen LogP contribution in [0, 0.1) is 0 Å². The maximum Gasteiger partial charge on any atom is 0.0774 e. The second kappa shape index (κ2) is 7.06. The highest BCUT2D eigenvalue weighted by molar-refractivity contribution is 5.85. The van der Waals surface area contributed by atoms with Gasteiger partial charge in [0.25, 0.3) is 0 Å². The average Bonchev–Trinajstić information content (AvgIpc) is 2.70. The van der Waals surface area contributed by atoms with Gasteiger partial charge in [-0.1, -0.05) is 0 Å². The van der Waals surface area contributed by atoms with Crippen LogP contribution in [0.4, 0.5) is 0 Å². The number of nitrogens with zero attached hydrogens (tertiary/aromatic N) is 2. The van der Waals surface area contributed by atoms with E-state index in [1.807, 2.05) is 17.9 Å². The predicted octanol–water partition coefficient (Wildman–Crippen LogP) is 1.41.